The van der Waals surface area contributed by atoms with Crippen molar-refractivity contribution in [3.63, 3.8) is 0 Å². The first-order chi connectivity index (χ1) is 11.8. The van der Waals surface area contributed by atoms with Gasteiger partial charge in [-0.25, -0.2) is 9.78 Å². The molecule has 0 bridgehead atoms. The molecule has 3 rings (SSSR count). The summed E-state index contributed by atoms with van der Waals surface area (Å²) in [6.07, 6.45) is 6.47. The highest BCUT2D eigenvalue weighted by atomic mass is 32.1. The van der Waals surface area contributed by atoms with E-state index in [0.717, 1.165) is 62.0 Å². The Morgan fingerprint density at radius 2 is 2.12 bits per heavy atom. The van der Waals surface area contributed by atoms with Crippen molar-refractivity contribution >= 4 is 17.3 Å². The van der Waals surface area contributed by atoms with Gasteiger partial charge in [0.2, 0.25) is 0 Å². The highest BCUT2D eigenvalue weighted by Crippen LogP contribution is 2.21. The van der Waals surface area contributed by atoms with Crippen LogP contribution in [0.5, 0.6) is 0 Å². The Kier molecular flexibility index (Phi) is 5.77. The van der Waals surface area contributed by atoms with Crippen LogP contribution in [0.3, 0.4) is 0 Å². The van der Waals surface area contributed by atoms with Crippen LogP contribution < -0.4 is 5.73 Å². The number of aryl methyl sites for hydroxylation is 1. The predicted octanol–water partition coefficient (Wildman–Crippen LogP) is 0.818. The normalized spacial score (nSPS) is 15.5. The van der Waals surface area contributed by atoms with Crippen LogP contribution in [0, 0.1) is 0 Å². The van der Waals surface area contributed by atoms with E-state index in [1.807, 2.05) is 33.3 Å². The second-order valence-corrected chi connectivity index (χ2v) is 6.74. The third kappa shape index (κ3) is 4.30. The summed E-state index contributed by atoms with van der Waals surface area (Å²) in [7, 11) is 0. The van der Waals surface area contributed by atoms with Crippen molar-refractivity contribution in [2.24, 2.45) is 5.73 Å². The molecule has 8 heteroatoms. The highest BCUT2D eigenvalue weighted by Gasteiger charge is 2.14. The van der Waals surface area contributed by atoms with Gasteiger partial charge in [-0.15, -0.1) is 11.3 Å². The van der Waals surface area contributed by atoms with E-state index in [0.29, 0.717) is 6.54 Å². The Labute approximate surface area is 145 Å². The molecule has 2 N–H and O–H groups in total. The van der Waals surface area contributed by atoms with Gasteiger partial charge >= 0.3 is 0 Å². The Balaban J connectivity index is 1.44. The lowest BCUT2D eigenvalue weighted by molar-refractivity contribution is 0.165. The highest BCUT2D eigenvalue weighted by molar-refractivity contribution is 7.09. The molecule has 1 aliphatic heterocycles. The minimum atomic E-state index is 0.481. The van der Waals surface area contributed by atoms with E-state index in [2.05, 4.69) is 15.0 Å². The molecule has 3 heterocycles. The van der Waals surface area contributed by atoms with E-state index in [4.69, 9.17) is 5.73 Å². The van der Waals surface area contributed by atoms with Crippen molar-refractivity contribution in [3.8, 4) is 11.3 Å². The summed E-state index contributed by atoms with van der Waals surface area (Å²) in [5.41, 5.74) is 7.60. The number of thiazole rings is 1. The summed E-state index contributed by atoms with van der Waals surface area (Å²) in [6.45, 7) is 6.19. The molecule has 0 saturated carbocycles. The summed E-state index contributed by atoms with van der Waals surface area (Å²) in [6, 6.07) is 0. The van der Waals surface area contributed by atoms with Crippen LogP contribution in [0.4, 0.5) is 0 Å². The first-order valence-corrected chi connectivity index (χ1v) is 9.01. The molecule has 0 atom stereocenters. The van der Waals surface area contributed by atoms with Gasteiger partial charge in [0.05, 0.1) is 18.1 Å². The predicted molar refractivity (Wildman–Crippen MR) is 94.1 cm³/mol. The average molecular weight is 346 g/mol. The van der Waals surface area contributed by atoms with Gasteiger partial charge in [0.25, 0.3) is 0 Å². The molecule has 7 nitrogen and oxygen atoms in total. The van der Waals surface area contributed by atoms with Gasteiger partial charge in [0, 0.05) is 63.0 Å². The van der Waals surface area contributed by atoms with Gasteiger partial charge in [0.1, 0.15) is 10.9 Å². The van der Waals surface area contributed by atoms with Crippen LogP contribution in [0.1, 0.15) is 11.4 Å². The summed E-state index contributed by atoms with van der Waals surface area (Å²) >= 11 is 1.58. The first kappa shape index (κ1) is 16.9. The number of nitrogens with two attached hydrogens (primary N) is 1. The Hall–Kier alpha value is -1.99. The van der Waals surface area contributed by atoms with Crippen LogP contribution in [0.25, 0.3) is 11.3 Å². The second kappa shape index (κ2) is 8.21. The largest absolute Gasteiger partial charge is 0.366 e. The van der Waals surface area contributed by atoms with Crippen LogP contribution in [0.2, 0.25) is 0 Å². The van der Waals surface area contributed by atoms with Crippen LogP contribution in [-0.2, 0) is 17.9 Å². The van der Waals surface area contributed by atoms with E-state index < -0.39 is 0 Å². The molecule has 0 aliphatic carbocycles. The molecule has 2 aromatic rings. The lowest BCUT2D eigenvalue weighted by atomic mass is 10.3. The van der Waals surface area contributed by atoms with Crippen molar-refractivity contribution in [2.45, 2.75) is 19.5 Å². The number of hydrogen-bond donors (Lipinski definition) is 1. The molecule has 24 heavy (non-hydrogen) atoms. The quantitative estimate of drug-likeness (QED) is 0.748. The molecule has 0 radical (unpaired) electrons. The molecule has 1 saturated heterocycles. The molecule has 0 aromatic carbocycles. The van der Waals surface area contributed by atoms with Gasteiger partial charge < -0.3 is 10.6 Å². The smallest absolute Gasteiger partial charge is 0.142 e. The SMILES string of the molecule is NCc1nc(-c2cnn(CCCN3CCN(C=C=O)CC3)c2)cs1. The average Bonchev–Trinajstić information content (AvgIpc) is 3.25. The third-order valence-electron chi connectivity index (χ3n) is 4.16. The molecule has 2 aromatic heterocycles. The Morgan fingerprint density at radius 3 is 2.83 bits per heavy atom. The van der Waals surface area contributed by atoms with Gasteiger partial charge in [-0.3, -0.25) is 9.58 Å². The van der Waals surface area contributed by atoms with Gasteiger partial charge in [-0.05, 0) is 6.42 Å². The molecule has 0 amide bonds. The van der Waals surface area contributed by atoms with E-state index in [1.165, 1.54) is 6.20 Å². The van der Waals surface area contributed by atoms with Crippen molar-refractivity contribution in [2.75, 3.05) is 32.7 Å². The molecule has 0 unspecified atom stereocenters. The van der Waals surface area contributed by atoms with Gasteiger partial charge in [0.15, 0.2) is 0 Å². The summed E-state index contributed by atoms with van der Waals surface area (Å²) in [4.78, 5) is 19.3. The first-order valence-electron chi connectivity index (χ1n) is 8.13. The van der Waals surface area contributed by atoms with Crippen LogP contribution in [-0.4, -0.2) is 63.2 Å². The van der Waals surface area contributed by atoms with E-state index >= 15 is 0 Å². The summed E-state index contributed by atoms with van der Waals surface area (Å²) in [5, 5.41) is 7.39. The molecule has 1 fully saturated rings. The fourth-order valence-electron chi connectivity index (χ4n) is 2.80. The van der Waals surface area contributed by atoms with E-state index in [-0.39, 0.29) is 0 Å². The standard InChI is InChI=1S/C16H22N6OS/c17-10-16-19-15(13-24-16)14-11-18-22(12-14)3-1-2-20-4-6-21(7-5-20)8-9-23/h8,11-13H,1-7,10,17H2. The van der Waals surface area contributed by atoms with Crippen molar-refractivity contribution in [1.82, 2.24) is 24.6 Å². The molecule has 0 spiro atoms. The van der Waals surface area contributed by atoms with Crippen molar-refractivity contribution in [3.05, 3.63) is 29.0 Å². The zero-order valence-corrected chi connectivity index (χ0v) is 14.4. The van der Waals surface area contributed by atoms with Crippen LogP contribution >= 0.6 is 11.3 Å². The number of rotatable bonds is 7. The zero-order valence-electron chi connectivity index (χ0n) is 13.6. The van der Waals surface area contributed by atoms with Gasteiger partial charge in [-0.2, -0.15) is 5.10 Å². The summed E-state index contributed by atoms with van der Waals surface area (Å²) in [5.74, 6) is 1.85. The topological polar surface area (TPSA) is 80.3 Å². The lowest BCUT2D eigenvalue weighted by Gasteiger charge is -2.33. The molecule has 128 valence electrons. The number of nitrogens with zero attached hydrogens (tertiary/aromatic N) is 5. The minimum absolute atomic E-state index is 0.481. The Bertz CT molecular complexity index is 697. The fourth-order valence-corrected chi connectivity index (χ4v) is 3.49. The number of hydrogen-bond acceptors (Lipinski definition) is 7. The van der Waals surface area contributed by atoms with Gasteiger partial charge in [-0.1, -0.05) is 0 Å². The van der Waals surface area contributed by atoms with E-state index in [1.54, 1.807) is 11.3 Å². The van der Waals surface area contributed by atoms with E-state index in [9.17, 15) is 4.79 Å². The molecular weight excluding hydrogens is 324 g/mol. The zero-order chi connectivity index (χ0) is 16.8. The third-order valence-corrected chi connectivity index (χ3v) is 5.03. The maximum absolute atomic E-state index is 10.4. The van der Waals surface area contributed by atoms with Crippen molar-refractivity contribution < 1.29 is 4.79 Å². The second-order valence-electron chi connectivity index (χ2n) is 5.80. The minimum Gasteiger partial charge on any atom is -0.366 e. The fraction of sp³-hybridized carbons (Fsp3) is 0.500. The number of piperazine rings is 1. The molecule has 1 aliphatic rings. The summed E-state index contributed by atoms with van der Waals surface area (Å²) < 4.78 is 1.97. The van der Waals surface area contributed by atoms with Crippen molar-refractivity contribution in [1.29, 1.82) is 0 Å². The lowest BCUT2D eigenvalue weighted by Crippen LogP contribution is -2.44. The number of aromatic nitrogens is 3. The molecular formula is C16H22N6OS. The monoisotopic (exact) mass is 346 g/mol. The maximum atomic E-state index is 10.4. The maximum Gasteiger partial charge on any atom is 0.142 e. The van der Waals surface area contributed by atoms with Crippen LogP contribution in [0.15, 0.2) is 24.0 Å². The number of carbonyl (C=O) groups excluding carboxylic acids is 1. The Morgan fingerprint density at radius 1 is 1.29 bits per heavy atom.